The molecule has 1 aliphatic heterocycles. The van der Waals surface area contributed by atoms with Gasteiger partial charge in [-0.3, -0.25) is 9.89 Å². The monoisotopic (exact) mass is 385 g/mol. The fourth-order valence-corrected chi connectivity index (χ4v) is 3.84. The summed E-state index contributed by atoms with van der Waals surface area (Å²) >= 11 is 0. The van der Waals surface area contributed by atoms with Gasteiger partial charge < -0.3 is 20.4 Å². The van der Waals surface area contributed by atoms with E-state index in [1.54, 1.807) is 0 Å². The summed E-state index contributed by atoms with van der Waals surface area (Å²) in [6.45, 7) is 14.0. The van der Waals surface area contributed by atoms with Gasteiger partial charge >= 0.3 is 0 Å². The molecule has 6 nitrogen and oxygen atoms in total. The van der Waals surface area contributed by atoms with Crippen LogP contribution >= 0.6 is 0 Å². The smallest absolute Gasteiger partial charge is 0.191 e. The maximum Gasteiger partial charge on any atom is 0.191 e. The molecule has 3 N–H and O–H groups in total. The molecule has 1 saturated heterocycles. The van der Waals surface area contributed by atoms with Crippen LogP contribution in [0.4, 0.5) is 0 Å². The number of aryl methyl sites for hydroxylation is 1. The number of aromatic amines is 1. The van der Waals surface area contributed by atoms with Gasteiger partial charge in [0.05, 0.1) is 13.2 Å². The summed E-state index contributed by atoms with van der Waals surface area (Å²) in [6.07, 6.45) is 3.10. The topological polar surface area (TPSA) is 64.7 Å². The third-order valence-corrected chi connectivity index (χ3v) is 5.26. The molecule has 0 saturated carbocycles. The molecule has 0 spiro atoms. The number of rotatable bonds is 8. The largest absolute Gasteiger partial charge is 0.379 e. The molecule has 1 unspecified atom stereocenters. The van der Waals surface area contributed by atoms with Crippen LogP contribution in [0.15, 0.2) is 29.4 Å². The first-order valence-corrected chi connectivity index (χ1v) is 10.5. The van der Waals surface area contributed by atoms with E-state index in [4.69, 9.17) is 9.73 Å². The predicted molar refractivity (Wildman–Crippen MR) is 117 cm³/mol. The number of benzene rings is 1. The summed E-state index contributed by atoms with van der Waals surface area (Å²) in [5.41, 5.74) is 3.90. The lowest BCUT2D eigenvalue weighted by Crippen LogP contribution is -2.40. The quantitative estimate of drug-likeness (QED) is 0.483. The molecule has 1 aromatic heterocycles. The average molecular weight is 386 g/mol. The van der Waals surface area contributed by atoms with Crippen molar-refractivity contribution >= 4 is 16.9 Å². The molecular weight excluding hydrogens is 350 g/mol. The Morgan fingerprint density at radius 3 is 2.89 bits per heavy atom. The van der Waals surface area contributed by atoms with Crippen molar-refractivity contribution in [1.29, 1.82) is 0 Å². The SMILES string of the molecule is CCNC(=NCC(C)CN1CCOCC1)NCCc1c[nH]c2cccc(C)c12. The van der Waals surface area contributed by atoms with Crippen molar-refractivity contribution in [2.45, 2.75) is 27.2 Å². The highest BCUT2D eigenvalue weighted by Gasteiger charge is 2.13. The van der Waals surface area contributed by atoms with Crippen molar-refractivity contribution < 1.29 is 4.74 Å². The van der Waals surface area contributed by atoms with Crippen LogP contribution in [0.1, 0.15) is 25.0 Å². The molecule has 2 heterocycles. The number of H-pyrrole nitrogens is 1. The van der Waals surface area contributed by atoms with Crippen LogP contribution in [-0.2, 0) is 11.2 Å². The van der Waals surface area contributed by atoms with Crippen LogP contribution in [0.2, 0.25) is 0 Å². The first-order chi connectivity index (χ1) is 13.7. The average Bonchev–Trinajstić information content (AvgIpc) is 3.11. The van der Waals surface area contributed by atoms with E-state index < -0.39 is 0 Å². The Hall–Kier alpha value is -2.05. The number of morpholine rings is 1. The minimum atomic E-state index is 0.532. The first kappa shape index (κ1) is 20.7. The highest BCUT2D eigenvalue weighted by molar-refractivity contribution is 5.86. The van der Waals surface area contributed by atoms with Crippen molar-refractivity contribution in [3.63, 3.8) is 0 Å². The first-order valence-electron chi connectivity index (χ1n) is 10.5. The van der Waals surface area contributed by atoms with E-state index in [9.17, 15) is 0 Å². The fraction of sp³-hybridized carbons (Fsp3) is 0.591. The highest BCUT2D eigenvalue weighted by Crippen LogP contribution is 2.22. The van der Waals surface area contributed by atoms with E-state index in [2.05, 4.69) is 65.7 Å². The summed E-state index contributed by atoms with van der Waals surface area (Å²) < 4.78 is 5.43. The lowest BCUT2D eigenvalue weighted by molar-refractivity contribution is 0.0323. The van der Waals surface area contributed by atoms with Gasteiger partial charge in [0.1, 0.15) is 0 Å². The van der Waals surface area contributed by atoms with Crippen LogP contribution in [0, 0.1) is 12.8 Å². The van der Waals surface area contributed by atoms with E-state index in [-0.39, 0.29) is 0 Å². The van der Waals surface area contributed by atoms with E-state index in [0.717, 1.165) is 64.9 Å². The van der Waals surface area contributed by atoms with Crippen molar-refractivity contribution in [2.24, 2.45) is 10.9 Å². The zero-order valence-electron chi connectivity index (χ0n) is 17.6. The number of nitrogens with one attached hydrogen (secondary N) is 3. The number of aromatic nitrogens is 1. The van der Waals surface area contributed by atoms with Crippen LogP contribution in [-0.4, -0.2) is 68.3 Å². The maximum absolute atomic E-state index is 5.43. The van der Waals surface area contributed by atoms with Gasteiger partial charge in [-0.25, -0.2) is 0 Å². The zero-order chi connectivity index (χ0) is 19.8. The van der Waals surface area contributed by atoms with Gasteiger partial charge in [-0.05, 0) is 43.4 Å². The molecule has 154 valence electrons. The van der Waals surface area contributed by atoms with Gasteiger partial charge in [0.2, 0.25) is 0 Å². The van der Waals surface area contributed by atoms with Crippen LogP contribution in [0.5, 0.6) is 0 Å². The van der Waals surface area contributed by atoms with Crippen molar-refractivity contribution in [3.8, 4) is 0 Å². The maximum atomic E-state index is 5.43. The summed E-state index contributed by atoms with van der Waals surface area (Å²) in [5, 5.41) is 8.21. The standard InChI is InChI=1S/C22H35N5O/c1-4-23-22(26-14-17(2)16-27-10-12-28-13-11-27)24-9-8-19-15-25-20-7-5-6-18(3)21(19)20/h5-7,15,17,25H,4,8-14,16H2,1-3H3,(H2,23,24,26). The number of ether oxygens (including phenoxy) is 1. The molecule has 2 aromatic rings. The van der Waals surface area contributed by atoms with Gasteiger partial charge in [-0.15, -0.1) is 0 Å². The molecule has 1 atom stereocenters. The Morgan fingerprint density at radius 2 is 2.11 bits per heavy atom. The summed E-state index contributed by atoms with van der Waals surface area (Å²) in [7, 11) is 0. The van der Waals surface area contributed by atoms with Gasteiger partial charge in [-0.1, -0.05) is 19.1 Å². The highest BCUT2D eigenvalue weighted by atomic mass is 16.5. The fourth-order valence-electron chi connectivity index (χ4n) is 3.84. The van der Waals surface area contributed by atoms with Crippen LogP contribution in [0.25, 0.3) is 10.9 Å². The number of guanidine groups is 1. The van der Waals surface area contributed by atoms with Gasteiger partial charge in [0.15, 0.2) is 5.96 Å². The molecule has 1 fully saturated rings. The second-order valence-electron chi connectivity index (χ2n) is 7.73. The third-order valence-electron chi connectivity index (χ3n) is 5.26. The number of nitrogens with zero attached hydrogens (tertiary/aromatic N) is 2. The van der Waals surface area contributed by atoms with Crippen LogP contribution in [0.3, 0.4) is 0 Å². The Balaban J connectivity index is 1.50. The summed E-state index contributed by atoms with van der Waals surface area (Å²) in [5.74, 6) is 1.44. The van der Waals surface area contributed by atoms with Gasteiger partial charge in [-0.2, -0.15) is 0 Å². The zero-order valence-corrected chi connectivity index (χ0v) is 17.6. The predicted octanol–water partition coefficient (Wildman–Crippen LogP) is 2.54. The molecule has 0 bridgehead atoms. The number of hydrogen-bond acceptors (Lipinski definition) is 3. The molecule has 0 amide bonds. The summed E-state index contributed by atoms with van der Waals surface area (Å²) in [4.78, 5) is 10.7. The van der Waals surface area contributed by atoms with Crippen molar-refractivity contribution in [3.05, 3.63) is 35.5 Å². The number of hydrogen-bond donors (Lipinski definition) is 3. The van der Waals surface area contributed by atoms with E-state index in [0.29, 0.717) is 5.92 Å². The third kappa shape index (κ3) is 5.72. The molecule has 1 aromatic carbocycles. The van der Waals surface area contributed by atoms with E-state index in [1.165, 1.54) is 22.0 Å². The number of aliphatic imine (C=N–C) groups is 1. The molecule has 3 rings (SSSR count). The van der Waals surface area contributed by atoms with Crippen molar-refractivity contribution in [1.82, 2.24) is 20.5 Å². The molecule has 0 aliphatic carbocycles. The lowest BCUT2D eigenvalue weighted by atomic mass is 10.1. The van der Waals surface area contributed by atoms with Crippen LogP contribution < -0.4 is 10.6 Å². The van der Waals surface area contributed by atoms with Crippen molar-refractivity contribution in [2.75, 3.05) is 52.5 Å². The van der Waals surface area contributed by atoms with E-state index in [1.807, 2.05) is 0 Å². The molecule has 0 radical (unpaired) electrons. The minimum Gasteiger partial charge on any atom is -0.379 e. The Labute approximate surface area is 168 Å². The molecule has 1 aliphatic rings. The van der Waals surface area contributed by atoms with Gasteiger partial charge in [0.25, 0.3) is 0 Å². The Bertz CT molecular complexity index is 763. The van der Waals surface area contributed by atoms with E-state index >= 15 is 0 Å². The second-order valence-corrected chi connectivity index (χ2v) is 7.73. The molecule has 28 heavy (non-hydrogen) atoms. The summed E-state index contributed by atoms with van der Waals surface area (Å²) in [6, 6.07) is 6.42. The normalized spacial score (nSPS) is 17.0. The Kier molecular flexibility index (Phi) is 7.74. The minimum absolute atomic E-state index is 0.532. The molecular formula is C22H35N5O. The Morgan fingerprint density at radius 1 is 1.29 bits per heavy atom. The second kappa shape index (κ2) is 10.5. The molecule has 6 heteroatoms. The van der Waals surface area contributed by atoms with Gasteiger partial charge in [0, 0.05) is 56.4 Å². The lowest BCUT2D eigenvalue weighted by Gasteiger charge is -2.28. The number of fused-ring (bicyclic) bond motifs is 1.